The highest BCUT2D eigenvalue weighted by atomic mass is 32.4. The first kappa shape index (κ1) is 14.7. The van der Waals surface area contributed by atoms with E-state index in [0.717, 1.165) is 11.9 Å². The van der Waals surface area contributed by atoms with Crippen molar-refractivity contribution < 1.29 is 4.43 Å². The van der Waals surface area contributed by atoms with Crippen molar-refractivity contribution in [3.63, 3.8) is 0 Å². The summed E-state index contributed by atoms with van der Waals surface area (Å²) in [5.74, 6) is 1.69. The highest BCUT2D eigenvalue weighted by Crippen LogP contribution is 2.24. The lowest BCUT2D eigenvalue weighted by Crippen LogP contribution is -2.32. The zero-order valence-electron chi connectivity index (χ0n) is 10.8. The van der Waals surface area contributed by atoms with Gasteiger partial charge in [-0.3, -0.25) is 0 Å². The van der Waals surface area contributed by atoms with E-state index >= 15 is 0 Å². The second kappa shape index (κ2) is 5.73. The molecule has 14 heavy (non-hydrogen) atoms. The van der Waals surface area contributed by atoms with Crippen molar-refractivity contribution >= 4 is 26.8 Å². The maximum Gasteiger partial charge on any atom is 0.188 e. The van der Waals surface area contributed by atoms with Gasteiger partial charge >= 0.3 is 0 Å². The van der Waals surface area contributed by atoms with Crippen molar-refractivity contribution in [2.75, 3.05) is 5.94 Å². The number of rotatable bonds is 6. The van der Waals surface area contributed by atoms with E-state index in [1.54, 1.807) is 0 Å². The van der Waals surface area contributed by atoms with Crippen molar-refractivity contribution in [1.82, 2.24) is 0 Å². The molecule has 0 saturated carbocycles. The third-order valence-corrected chi connectivity index (χ3v) is 8.83. The Morgan fingerprint density at radius 2 is 1.57 bits per heavy atom. The summed E-state index contributed by atoms with van der Waals surface area (Å²) < 4.78 is 6.05. The fraction of sp³-hybridized carbons (Fsp3) is 1.00. The molecule has 4 heteroatoms. The second-order valence-electron chi connectivity index (χ2n) is 5.88. The molecule has 0 fully saturated rings. The minimum atomic E-state index is -1.36. The van der Waals surface area contributed by atoms with E-state index in [1.165, 1.54) is 6.04 Å². The summed E-state index contributed by atoms with van der Waals surface area (Å²) in [5.41, 5.74) is 0. The van der Waals surface area contributed by atoms with E-state index in [4.69, 9.17) is 4.43 Å². The normalized spacial score (nSPS) is 13.7. The molecule has 0 aliphatic rings. The van der Waals surface area contributed by atoms with Crippen molar-refractivity contribution in [1.29, 1.82) is 0 Å². The highest BCUT2D eigenvalue weighted by molar-refractivity contribution is 8.28. The number of hydrogen-bond acceptors (Lipinski definition) is 2. The van der Waals surface area contributed by atoms with Crippen LogP contribution < -0.4 is 0 Å². The first-order chi connectivity index (χ1) is 6.12. The topological polar surface area (TPSA) is 9.23 Å². The molecule has 0 radical (unpaired) electrons. The van der Waals surface area contributed by atoms with E-state index < -0.39 is 15.5 Å². The quantitative estimate of drug-likeness (QED) is 0.511. The van der Waals surface area contributed by atoms with Gasteiger partial charge in [0.1, 0.15) is 7.22 Å². The van der Waals surface area contributed by atoms with E-state index in [-0.39, 0.29) is 0 Å². The second-order valence-corrected chi connectivity index (χ2v) is 19.4. The maximum atomic E-state index is 6.05. The van der Waals surface area contributed by atoms with E-state index in [9.17, 15) is 0 Å². The molecule has 0 heterocycles. The van der Waals surface area contributed by atoms with Gasteiger partial charge in [0.25, 0.3) is 0 Å². The van der Waals surface area contributed by atoms with Gasteiger partial charge in [-0.15, -0.1) is 0 Å². The fourth-order valence-electron chi connectivity index (χ4n) is 1.41. The average Bonchev–Trinajstić information content (AvgIpc) is 1.78. The van der Waals surface area contributed by atoms with E-state index in [1.807, 2.05) is 11.2 Å². The fourth-order valence-corrected chi connectivity index (χ4v) is 6.95. The summed E-state index contributed by atoms with van der Waals surface area (Å²) in [6.07, 6.45) is 0. The van der Waals surface area contributed by atoms with Gasteiger partial charge < -0.3 is 4.43 Å². The molecular weight excluding hydrogens is 224 g/mol. The number of hydrogen-bond donors (Lipinski definition) is 0. The molecule has 1 nitrogen and oxygen atoms in total. The van der Waals surface area contributed by atoms with Crippen LogP contribution >= 0.6 is 11.2 Å². The molecule has 0 atom stereocenters. The molecule has 0 N–H and O–H groups in total. The molecule has 0 amide bonds. The largest absolute Gasteiger partial charge is 0.409 e. The van der Waals surface area contributed by atoms with Crippen molar-refractivity contribution in [2.45, 2.75) is 52.6 Å². The molecule has 0 aliphatic heterocycles. The first-order valence-electron chi connectivity index (χ1n) is 5.40. The Bertz CT molecular complexity index is 164. The maximum absolute atomic E-state index is 6.05. The monoisotopic (exact) mass is 250 g/mol. The van der Waals surface area contributed by atoms with Gasteiger partial charge in [0.15, 0.2) is 8.32 Å². The van der Waals surface area contributed by atoms with E-state index in [2.05, 4.69) is 46.6 Å². The Labute approximate surface area is 95.8 Å². The molecule has 0 bridgehead atoms. The lowest BCUT2D eigenvalue weighted by Gasteiger charge is -2.26. The smallest absolute Gasteiger partial charge is 0.188 e. The van der Waals surface area contributed by atoms with Crippen LogP contribution in [0.15, 0.2) is 0 Å². The van der Waals surface area contributed by atoms with Crippen LogP contribution in [0.25, 0.3) is 0 Å². The Balaban J connectivity index is 3.76. The van der Waals surface area contributed by atoms with Gasteiger partial charge in [-0.1, -0.05) is 33.5 Å². The van der Waals surface area contributed by atoms with Crippen LogP contribution in [-0.4, -0.2) is 21.5 Å². The summed E-state index contributed by atoms with van der Waals surface area (Å²) >= 11 is 2.04. The van der Waals surface area contributed by atoms with Crippen LogP contribution in [-0.2, 0) is 4.43 Å². The molecule has 0 aromatic heterocycles. The third-order valence-electron chi connectivity index (χ3n) is 1.84. The molecule has 0 unspecified atom stereocenters. The van der Waals surface area contributed by atoms with Crippen LogP contribution in [0.1, 0.15) is 13.8 Å². The molecule has 0 rings (SSSR count). The average molecular weight is 251 g/mol. The SMILES string of the molecule is CC(C)C[Si](C)(C)OCS[Si](C)(C)C. The predicted molar refractivity (Wildman–Crippen MR) is 74.0 cm³/mol. The summed E-state index contributed by atoms with van der Waals surface area (Å²) in [4.78, 5) is 0. The van der Waals surface area contributed by atoms with Crippen LogP contribution in [0.4, 0.5) is 0 Å². The molecule has 0 spiro atoms. The Morgan fingerprint density at radius 1 is 1.07 bits per heavy atom. The van der Waals surface area contributed by atoms with Crippen LogP contribution in [0.5, 0.6) is 0 Å². The first-order valence-corrected chi connectivity index (χ1v) is 13.7. The minimum Gasteiger partial charge on any atom is -0.409 e. The molecule has 0 saturated heterocycles. The summed E-state index contributed by atoms with van der Waals surface area (Å²) in [7, 11) is -2.35. The zero-order chi connectivity index (χ0) is 11.4. The standard InChI is InChI=1S/C10H26OSSi2/c1-10(2)8-14(6,7)11-9-12-13(3,4)5/h10H,8-9H2,1-7H3. The predicted octanol–water partition coefficient (Wildman–Crippen LogP) is 4.39. The lowest BCUT2D eigenvalue weighted by atomic mass is 10.3. The van der Waals surface area contributed by atoms with Gasteiger partial charge in [0.2, 0.25) is 0 Å². The summed E-state index contributed by atoms with van der Waals surface area (Å²) in [6, 6.07) is 1.28. The van der Waals surface area contributed by atoms with Gasteiger partial charge in [-0.2, -0.15) is 11.2 Å². The lowest BCUT2D eigenvalue weighted by molar-refractivity contribution is 0.376. The Hall–Kier alpha value is 0.744. The van der Waals surface area contributed by atoms with Crippen LogP contribution in [0.2, 0.25) is 38.8 Å². The van der Waals surface area contributed by atoms with Crippen molar-refractivity contribution in [3.05, 3.63) is 0 Å². The molecule has 0 aromatic rings. The van der Waals surface area contributed by atoms with Gasteiger partial charge in [0, 0.05) is 0 Å². The van der Waals surface area contributed by atoms with Gasteiger partial charge in [0.05, 0.1) is 5.94 Å². The van der Waals surface area contributed by atoms with Crippen molar-refractivity contribution in [2.24, 2.45) is 5.92 Å². The molecule has 86 valence electrons. The van der Waals surface area contributed by atoms with Crippen molar-refractivity contribution in [3.8, 4) is 0 Å². The minimum absolute atomic E-state index is 0.772. The highest BCUT2D eigenvalue weighted by Gasteiger charge is 2.24. The third kappa shape index (κ3) is 9.30. The summed E-state index contributed by atoms with van der Waals surface area (Å²) in [5, 5.41) is 0. The zero-order valence-corrected chi connectivity index (χ0v) is 13.6. The van der Waals surface area contributed by atoms with Gasteiger partial charge in [-0.05, 0) is 25.1 Å². The van der Waals surface area contributed by atoms with Crippen LogP contribution in [0, 0.1) is 5.92 Å². The van der Waals surface area contributed by atoms with Gasteiger partial charge in [-0.25, -0.2) is 0 Å². The molecular formula is C10H26OSSi2. The Kier molecular flexibility index (Phi) is 6.03. The molecule has 0 aromatic carbocycles. The Morgan fingerprint density at radius 3 is 1.93 bits per heavy atom. The van der Waals surface area contributed by atoms with E-state index in [0.29, 0.717) is 0 Å². The summed E-state index contributed by atoms with van der Waals surface area (Å²) in [6.45, 7) is 16.3. The van der Waals surface area contributed by atoms with Crippen LogP contribution in [0.3, 0.4) is 0 Å². The molecule has 0 aliphatic carbocycles.